The molecule has 0 aromatic heterocycles. The molecule has 6 nitrogen and oxygen atoms in total. The van der Waals surface area contributed by atoms with Gasteiger partial charge in [-0.2, -0.15) is 0 Å². The SMILES string of the molecule is O=C(CC1CCCCC1)NCCNC(=O)C1CC(O)CN1. The molecule has 0 radical (unpaired) electrons. The van der Waals surface area contributed by atoms with Gasteiger partial charge in [-0.3, -0.25) is 9.59 Å². The molecule has 2 amide bonds. The summed E-state index contributed by atoms with van der Waals surface area (Å²) in [7, 11) is 0. The molecule has 1 saturated heterocycles. The van der Waals surface area contributed by atoms with Gasteiger partial charge >= 0.3 is 0 Å². The molecule has 0 bridgehead atoms. The maximum absolute atomic E-state index is 11.8. The molecule has 2 fully saturated rings. The summed E-state index contributed by atoms with van der Waals surface area (Å²) in [5.41, 5.74) is 0. The third kappa shape index (κ3) is 5.63. The van der Waals surface area contributed by atoms with Crippen molar-refractivity contribution in [2.45, 2.75) is 57.1 Å². The summed E-state index contributed by atoms with van der Waals surface area (Å²) in [5, 5.41) is 17.9. The van der Waals surface area contributed by atoms with Crippen LogP contribution in [0.1, 0.15) is 44.9 Å². The minimum absolute atomic E-state index is 0.0885. The topological polar surface area (TPSA) is 90.5 Å². The van der Waals surface area contributed by atoms with Crippen LogP contribution in [0.4, 0.5) is 0 Å². The average Bonchev–Trinajstić information content (AvgIpc) is 2.91. The molecule has 2 unspecified atom stereocenters. The minimum atomic E-state index is -0.434. The van der Waals surface area contributed by atoms with Gasteiger partial charge in [-0.1, -0.05) is 19.3 Å². The zero-order valence-electron chi connectivity index (χ0n) is 12.6. The molecule has 2 atom stereocenters. The molecule has 1 aliphatic heterocycles. The summed E-state index contributed by atoms with van der Waals surface area (Å²) >= 11 is 0. The first kappa shape index (κ1) is 16.2. The van der Waals surface area contributed by atoms with E-state index in [9.17, 15) is 14.7 Å². The molecule has 120 valence electrons. The molecule has 1 heterocycles. The fraction of sp³-hybridized carbons (Fsp3) is 0.867. The number of hydrogen-bond donors (Lipinski definition) is 4. The highest BCUT2D eigenvalue weighted by atomic mass is 16.3. The van der Waals surface area contributed by atoms with Crippen LogP contribution in [0.25, 0.3) is 0 Å². The molecule has 0 spiro atoms. The van der Waals surface area contributed by atoms with Crippen LogP contribution in [0.15, 0.2) is 0 Å². The van der Waals surface area contributed by atoms with E-state index in [0.717, 1.165) is 0 Å². The maximum Gasteiger partial charge on any atom is 0.237 e. The Morgan fingerprint density at radius 2 is 1.81 bits per heavy atom. The minimum Gasteiger partial charge on any atom is -0.392 e. The Bertz CT molecular complexity index is 356. The maximum atomic E-state index is 11.8. The van der Waals surface area contributed by atoms with Crippen LogP contribution in [-0.2, 0) is 9.59 Å². The van der Waals surface area contributed by atoms with E-state index in [2.05, 4.69) is 16.0 Å². The second-order valence-corrected chi connectivity index (χ2v) is 6.20. The van der Waals surface area contributed by atoms with E-state index in [0.29, 0.717) is 38.4 Å². The Labute approximate surface area is 126 Å². The predicted octanol–water partition coefficient (Wildman–Crippen LogP) is -0.0880. The lowest BCUT2D eigenvalue weighted by molar-refractivity contribution is -0.124. The van der Waals surface area contributed by atoms with Gasteiger partial charge in [0.25, 0.3) is 0 Å². The first-order chi connectivity index (χ1) is 10.1. The van der Waals surface area contributed by atoms with Crippen LogP contribution in [-0.4, -0.2) is 48.7 Å². The van der Waals surface area contributed by atoms with Crippen molar-refractivity contribution in [1.82, 2.24) is 16.0 Å². The molecule has 6 heteroatoms. The molecule has 21 heavy (non-hydrogen) atoms. The number of nitrogens with one attached hydrogen (secondary N) is 3. The quantitative estimate of drug-likeness (QED) is 0.516. The van der Waals surface area contributed by atoms with Crippen molar-refractivity contribution in [3.8, 4) is 0 Å². The van der Waals surface area contributed by atoms with E-state index in [1.165, 1.54) is 32.1 Å². The van der Waals surface area contributed by atoms with E-state index < -0.39 is 6.10 Å². The lowest BCUT2D eigenvalue weighted by Crippen LogP contribution is -2.43. The Morgan fingerprint density at radius 3 is 2.48 bits per heavy atom. The predicted molar refractivity (Wildman–Crippen MR) is 79.6 cm³/mol. The number of amides is 2. The standard InChI is InChI=1S/C15H27N3O3/c19-12-9-13(18-10-12)15(21)17-7-6-16-14(20)8-11-4-2-1-3-5-11/h11-13,18-19H,1-10H2,(H,16,20)(H,17,21). The van der Waals surface area contributed by atoms with Gasteiger partial charge in [-0.05, 0) is 25.2 Å². The molecule has 1 saturated carbocycles. The van der Waals surface area contributed by atoms with Crippen molar-refractivity contribution in [2.75, 3.05) is 19.6 Å². The Hall–Kier alpha value is -1.14. The molecule has 0 aromatic rings. The summed E-state index contributed by atoms with van der Waals surface area (Å²) in [6, 6.07) is -0.307. The number of rotatable bonds is 6. The largest absolute Gasteiger partial charge is 0.392 e. The number of β-amino-alcohol motifs (C(OH)–C–C–N with tert-alkyl or cyclic N) is 1. The highest BCUT2D eigenvalue weighted by Crippen LogP contribution is 2.25. The van der Waals surface area contributed by atoms with Gasteiger partial charge in [0.1, 0.15) is 0 Å². The molecule has 1 aliphatic carbocycles. The summed E-state index contributed by atoms with van der Waals surface area (Å²) in [6.07, 6.45) is 6.76. The normalized spacial score (nSPS) is 26.5. The Morgan fingerprint density at radius 1 is 1.10 bits per heavy atom. The zero-order valence-corrected chi connectivity index (χ0v) is 12.6. The molecule has 2 aliphatic rings. The monoisotopic (exact) mass is 297 g/mol. The van der Waals surface area contributed by atoms with Crippen molar-refractivity contribution >= 4 is 11.8 Å². The first-order valence-electron chi connectivity index (χ1n) is 8.11. The number of carbonyl (C=O) groups excluding carboxylic acids is 2. The lowest BCUT2D eigenvalue weighted by atomic mass is 9.87. The van der Waals surface area contributed by atoms with Crippen LogP contribution >= 0.6 is 0 Å². The van der Waals surface area contributed by atoms with Crippen molar-refractivity contribution < 1.29 is 14.7 Å². The lowest BCUT2D eigenvalue weighted by Gasteiger charge is -2.20. The summed E-state index contributed by atoms with van der Waals surface area (Å²) < 4.78 is 0. The smallest absolute Gasteiger partial charge is 0.237 e. The van der Waals surface area contributed by atoms with Gasteiger partial charge in [0, 0.05) is 26.1 Å². The molecular weight excluding hydrogens is 270 g/mol. The van der Waals surface area contributed by atoms with Gasteiger partial charge < -0.3 is 21.1 Å². The average molecular weight is 297 g/mol. The fourth-order valence-electron chi connectivity index (χ4n) is 3.15. The van der Waals surface area contributed by atoms with E-state index in [-0.39, 0.29) is 17.9 Å². The van der Waals surface area contributed by atoms with Crippen LogP contribution < -0.4 is 16.0 Å². The molecular formula is C15H27N3O3. The van der Waals surface area contributed by atoms with Crippen LogP contribution in [0.2, 0.25) is 0 Å². The highest BCUT2D eigenvalue weighted by molar-refractivity contribution is 5.82. The third-order valence-electron chi connectivity index (χ3n) is 4.37. The van der Waals surface area contributed by atoms with Crippen molar-refractivity contribution in [3.05, 3.63) is 0 Å². The van der Waals surface area contributed by atoms with Gasteiger partial charge in [0.05, 0.1) is 12.1 Å². The van der Waals surface area contributed by atoms with Gasteiger partial charge in [0.15, 0.2) is 0 Å². The van der Waals surface area contributed by atoms with Crippen molar-refractivity contribution in [2.24, 2.45) is 5.92 Å². The number of hydrogen-bond acceptors (Lipinski definition) is 4. The zero-order chi connectivity index (χ0) is 15.1. The molecule has 0 aromatic carbocycles. The second-order valence-electron chi connectivity index (χ2n) is 6.20. The summed E-state index contributed by atoms with van der Waals surface area (Å²) in [6.45, 7) is 1.37. The van der Waals surface area contributed by atoms with Crippen molar-refractivity contribution in [1.29, 1.82) is 0 Å². The van der Waals surface area contributed by atoms with E-state index in [1.807, 2.05) is 0 Å². The molecule has 2 rings (SSSR count). The fourth-order valence-corrected chi connectivity index (χ4v) is 3.15. The van der Waals surface area contributed by atoms with Crippen molar-refractivity contribution in [3.63, 3.8) is 0 Å². The number of aliphatic hydroxyl groups excluding tert-OH is 1. The van der Waals surface area contributed by atoms with E-state index in [4.69, 9.17) is 0 Å². The van der Waals surface area contributed by atoms with E-state index >= 15 is 0 Å². The van der Waals surface area contributed by atoms with Crippen LogP contribution in [0.5, 0.6) is 0 Å². The van der Waals surface area contributed by atoms with Crippen LogP contribution in [0.3, 0.4) is 0 Å². The van der Waals surface area contributed by atoms with Gasteiger partial charge in [-0.25, -0.2) is 0 Å². The summed E-state index contributed by atoms with van der Waals surface area (Å²) in [4.78, 5) is 23.5. The number of carbonyl (C=O) groups is 2. The third-order valence-corrected chi connectivity index (χ3v) is 4.37. The molecule has 4 N–H and O–H groups in total. The van der Waals surface area contributed by atoms with Gasteiger partial charge in [0.2, 0.25) is 11.8 Å². The highest BCUT2D eigenvalue weighted by Gasteiger charge is 2.27. The Kier molecular flexibility index (Phi) is 6.45. The van der Waals surface area contributed by atoms with Crippen LogP contribution in [0, 0.1) is 5.92 Å². The first-order valence-corrected chi connectivity index (χ1v) is 8.11. The van der Waals surface area contributed by atoms with Gasteiger partial charge in [-0.15, -0.1) is 0 Å². The van der Waals surface area contributed by atoms with E-state index in [1.54, 1.807) is 0 Å². The Balaban J connectivity index is 1.52. The number of aliphatic hydroxyl groups is 1. The summed E-state index contributed by atoms with van der Waals surface area (Å²) in [5.74, 6) is 0.524. The second kappa shape index (κ2) is 8.34.